The number of carbonyl (C=O) groups excluding carboxylic acids is 1. The molecule has 0 spiro atoms. The van der Waals surface area contributed by atoms with Crippen molar-refractivity contribution in [2.24, 2.45) is 5.92 Å². The van der Waals surface area contributed by atoms with Crippen LogP contribution in [0.4, 0.5) is 0 Å². The summed E-state index contributed by atoms with van der Waals surface area (Å²) in [6, 6.07) is 9.98. The summed E-state index contributed by atoms with van der Waals surface area (Å²) in [5, 5.41) is 3.06. The topological polar surface area (TPSA) is 29.1 Å². The van der Waals surface area contributed by atoms with Gasteiger partial charge in [0, 0.05) is 5.54 Å². The Bertz CT molecular complexity index is 362. The van der Waals surface area contributed by atoms with Crippen LogP contribution in [0.5, 0.6) is 0 Å². The van der Waals surface area contributed by atoms with Crippen molar-refractivity contribution in [2.75, 3.05) is 0 Å². The number of nitrogens with one attached hydrogen (secondary N) is 1. The molecule has 0 aliphatic rings. The minimum atomic E-state index is -0.182. The molecule has 17 heavy (non-hydrogen) atoms. The van der Waals surface area contributed by atoms with Gasteiger partial charge in [-0.1, -0.05) is 44.2 Å². The van der Waals surface area contributed by atoms with Crippen molar-refractivity contribution in [1.82, 2.24) is 5.32 Å². The Kier molecular flexibility index (Phi) is 4.33. The third-order valence-electron chi connectivity index (χ3n) is 2.61. The molecule has 2 nitrogen and oxygen atoms in total. The number of carbonyl (C=O) groups is 1. The number of benzene rings is 1. The average molecular weight is 233 g/mol. The monoisotopic (exact) mass is 233 g/mol. The maximum Gasteiger partial charge on any atom is 0.228 e. The van der Waals surface area contributed by atoms with Gasteiger partial charge in [0.15, 0.2) is 0 Å². The summed E-state index contributed by atoms with van der Waals surface area (Å²) in [5.41, 5.74) is 0.906. The highest BCUT2D eigenvalue weighted by molar-refractivity contribution is 5.84. The van der Waals surface area contributed by atoms with E-state index in [-0.39, 0.29) is 17.4 Å². The van der Waals surface area contributed by atoms with E-state index in [2.05, 4.69) is 19.2 Å². The van der Waals surface area contributed by atoms with Gasteiger partial charge in [0.2, 0.25) is 5.91 Å². The molecular formula is C15H23NO. The van der Waals surface area contributed by atoms with Gasteiger partial charge in [0.05, 0.1) is 5.92 Å². The molecule has 0 radical (unpaired) electrons. The fraction of sp³-hybridized carbons (Fsp3) is 0.533. The second-order valence-electron chi connectivity index (χ2n) is 5.87. The molecule has 0 saturated carbocycles. The van der Waals surface area contributed by atoms with E-state index in [0.29, 0.717) is 5.92 Å². The van der Waals surface area contributed by atoms with Crippen LogP contribution >= 0.6 is 0 Å². The van der Waals surface area contributed by atoms with Crippen molar-refractivity contribution < 1.29 is 4.79 Å². The highest BCUT2D eigenvalue weighted by Crippen LogP contribution is 2.25. The van der Waals surface area contributed by atoms with E-state index in [9.17, 15) is 4.79 Å². The predicted octanol–water partition coefficient (Wildman–Crippen LogP) is 3.34. The smallest absolute Gasteiger partial charge is 0.228 e. The quantitative estimate of drug-likeness (QED) is 0.852. The van der Waals surface area contributed by atoms with E-state index in [4.69, 9.17) is 0 Å². The first kappa shape index (κ1) is 13.8. The maximum atomic E-state index is 12.3. The normalized spacial score (nSPS) is 13.5. The van der Waals surface area contributed by atoms with Crippen LogP contribution in [-0.4, -0.2) is 11.4 Å². The number of amides is 1. The summed E-state index contributed by atoms with van der Waals surface area (Å²) < 4.78 is 0. The fourth-order valence-corrected chi connectivity index (χ4v) is 1.95. The Balaban J connectivity index is 2.92. The third kappa shape index (κ3) is 4.22. The van der Waals surface area contributed by atoms with Crippen molar-refractivity contribution in [3.05, 3.63) is 35.9 Å². The molecule has 0 saturated heterocycles. The molecule has 1 atom stereocenters. The minimum Gasteiger partial charge on any atom is -0.351 e. The predicted molar refractivity (Wildman–Crippen MR) is 71.9 cm³/mol. The van der Waals surface area contributed by atoms with Gasteiger partial charge in [-0.05, 0) is 32.3 Å². The Morgan fingerprint density at radius 1 is 1.12 bits per heavy atom. The lowest BCUT2D eigenvalue weighted by Gasteiger charge is -2.27. The van der Waals surface area contributed by atoms with Gasteiger partial charge in [-0.2, -0.15) is 0 Å². The second kappa shape index (κ2) is 5.35. The van der Waals surface area contributed by atoms with Crippen LogP contribution in [0.25, 0.3) is 0 Å². The Morgan fingerprint density at radius 2 is 1.65 bits per heavy atom. The molecule has 1 N–H and O–H groups in total. The summed E-state index contributed by atoms with van der Waals surface area (Å²) in [4.78, 5) is 12.3. The summed E-state index contributed by atoms with van der Waals surface area (Å²) in [6.07, 6.45) is 0. The molecule has 1 aromatic rings. The summed E-state index contributed by atoms with van der Waals surface area (Å²) >= 11 is 0. The maximum absolute atomic E-state index is 12.3. The SMILES string of the molecule is CC(C)C(C(=O)NC(C)(C)C)c1ccccc1. The zero-order valence-electron chi connectivity index (χ0n) is 11.4. The summed E-state index contributed by atoms with van der Waals surface area (Å²) in [6.45, 7) is 10.2. The molecule has 0 fully saturated rings. The standard InChI is InChI=1S/C15H23NO/c1-11(2)13(12-9-7-6-8-10-12)14(17)16-15(3,4)5/h6-11,13H,1-5H3,(H,16,17). The van der Waals surface area contributed by atoms with Crippen LogP contribution in [0.1, 0.15) is 46.1 Å². The highest BCUT2D eigenvalue weighted by atomic mass is 16.2. The van der Waals surface area contributed by atoms with Crippen molar-refractivity contribution in [3.8, 4) is 0 Å². The van der Waals surface area contributed by atoms with E-state index >= 15 is 0 Å². The molecule has 0 heterocycles. The zero-order chi connectivity index (χ0) is 13.1. The van der Waals surface area contributed by atoms with Gasteiger partial charge in [0.1, 0.15) is 0 Å². The van der Waals surface area contributed by atoms with Gasteiger partial charge in [0.25, 0.3) is 0 Å². The second-order valence-corrected chi connectivity index (χ2v) is 5.87. The molecule has 94 valence electrons. The Morgan fingerprint density at radius 3 is 2.06 bits per heavy atom. The zero-order valence-corrected chi connectivity index (χ0v) is 11.4. The molecular weight excluding hydrogens is 210 g/mol. The highest BCUT2D eigenvalue weighted by Gasteiger charge is 2.26. The van der Waals surface area contributed by atoms with E-state index in [1.807, 2.05) is 51.1 Å². The first-order valence-corrected chi connectivity index (χ1v) is 6.18. The van der Waals surface area contributed by atoms with Crippen LogP contribution in [0, 0.1) is 5.92 Å². The van der Waals surface area contributed by atoms with E-state index in [1.54, 1.807) is 0 Å². The van der Waals surface area contributed by atoms with E-state index in [0.717, 1.165) is 5.56 Å². The van der Waals surface area contributed by atoms with Gasteiger partial charge in [-0.25, -0.2) is 0 Å². The Hall–Kier alpha value is -1.31. The van der Waals surface area contributed by atoms with Gasteiger partial charge in [-0.15, -0.1) is 0 Å². The van der Waals surface area contributed by atoms with Crippen LogP contribution in [-0.2, 0) is 4.79 Å². The average Bonchev–Trinajstić information content (AvgIpc) is 2.15. The van der Waals surface area contributed by atoms with Crippen LogP contribution in [0.15, 0.2) is 30.3 Å². The van der Waals surface area contributed by atoms with Crippen LogP contribution < -0.4 is 5.32 Å². The first-order valence-electron chi connectivity index (χ1n) is 6.18. The minimum absolute atomic E-state index is 0.0737. The number of hydrogen-bond acceptors (Lipinski definition) is 1. The van der Waals surface area contributed by atoms with Gasteiger partial charge >= 0.3 is 0 Å². The summed E-state index contributed by atoms with van der Waals surface area (Å²) in [7, 11) is 0. The number of hydrogen-bond donors (Lipinski definition) is 1. The molecule has 1 rings (SSSR count). The van der Waals surface area contributed by atoms with E-state index in [1.165, 1.54) is 0 Å². The molecule has 1 aromatic carbocycles. The van der Waals surface area contributed by atoms with Crippen LogP contribution in [0.3, 0.4) is 0 Å². The third-order valence-corrected chi connectivity index (χ3v) is 2.61. The first-order chi connectivity index (χ1) is 7.81. The molecule has 1 unspecified atom stereocenters. The molecule has 0 aromatic heterocycles. The molecule has 0 bridgehead atoms. The van der Waals surface area contributed by atoms with Crippen molar-refractivity contribution in [3.63, 3.8) is 0 Å². The van der Waals surface area contributed by atoms with Crippen molar-refractivity contribution in [2.45, 2.75) is 46.1 Å². The lowest BCUT2D eigenvalue weighted by Crippen LogP contribution is -2.44. The lowest BCUT2D eigenvalue weighted by atomic mass is 9.87. The summed E-state index contributed by atoms with van der Waals surface area (Å²) in [5.74, 6) is 0.328. The molecule has 0 aliphatic carbocycles. The fourth-order valence-electron chi connectivity index (χ4n) is 1.95. The largest absolute Gasteiger partial charge is 0.351 e. The van der Waals surface area contributed by atoms with E-state index < -0.39 is 0 Å². The van der Waals surface area contributed by atoms with Crippen molar-refractivity contribution in [1.29, 1.82) is 0 Å². The molecule has 1 amide bonds. The van der Waals surface area contributed by atoms with Crippen molar-refractivity contribution >= 4 is 5.91 Å². The van der Waals surface area contributed by atoms with Gasteiger partial charge in [-0.3, -0.25) is 4.79 Å². The Labute approximate surface area is 104 Å². The van der Waals surface area contributed by atoms with Crippen LogP contribution in [0.2, 0.25) is 0 Å². The molecule has 2 heteroatoms. The number of rotatable bonds is 3. The van der Waals surface area contributed by atoms with Gasteiger partial charge < -0.3 is 5.32 Å². The molecule has 0 aliphatic heterocycles. The lowest BCUT2D eigenvalue weighted by molar-refractivity contribution is -0.124.